The van der Waals surface area contributed by atoms with Crippen molar-refractivity contribution in [3.8, 4) is 5.75 Å². The largest absolute Gasteiger partial charge is 0.497 e. The number of esters is 1. The molecule has 0 radical (unpaired) electrons. The van der Waals surface area contributed by atoms with Gasteiger partial charge < -0.3 is 15.2 Å². The molecule has 1 heterocycles. The molecule has 0 atom stereocenters. The lowest BCUT2D eigenvalue weighted by Crippen LogP contribution is -2.10. The molecular weight excluding hydrogens is 260 g/mol. The second-order valence-corrected chi connectivity index (χ2v) is 4.08. The molecule has 0 aliphatic rings. The normalized spacial score (nSPS) is 10.3. The van der Waals surface area contributed by atoms with Gasteiger partial charge in [-0.05, 0) is 17.7 Å². The molecule has 106 valence electrons. The van der Waals surface area contributed by atoms with Gasteiger partial charge in [-0.15, -0.1) is 5.10 Å². The maximum absolute atomic E-state index is 11.8. The first kappa shape index (κ1) is 14.0. The Labute approximate surface area is 116 Å². The maximum Gasteiger partial charge on any atom is 0.360 e. The molecule has 0 saturated heterocycles. The number of hydrogen-bond donors (Lipinski definition) is 1. The fraction of sp³-hybridized carbons (Fsp3) is 0.308. The Morgan fingerprint density at radius 3 is 3.05 bits per heavy atom. The van der Waals surface area contributed by atoms with Crippen molar-refractivity contribution in [1.29, 1.82) is 0 Å². The Balaban J connectivity index is 1.93. The van der Waals surface area contributed by atoms with Crippen LogP contribution < -0.4 is 10.5 Å². The number of nitrogens with zero attached hydrogens (tertiary/aromatic N) is 3. The summed E-state index contributed by atoms with van der Waals surface area (Å²) in [5.74, 6) is 0.198. The molecule has 0 saturated carbocycles. The minimum Gasteiger partial charge on any atom is -0.497 e. The van der Waals surface area contributed by atoms with E-state index in [1.807, 2.05) is 18.2 Å². The fourth-order valence-corrected chi connectivity index (χ4v) is 1.62. The van der Waals surface area contributed by atoms with Crippen LogP contribution in [0.25, 0.3) is 0 Å². The molecule has 0 aliphatic carbocycles. The van der Waals surface area contributed by atoms with Crippen molar-refractivity contribution in [3.05, 3.63) is 41.7 Å². The van der Waals surface area contributed by atoms with Crippen LogP contribution in [-0.4, -0.2) is 34.6 Å². The van der Waals surface area contributed by atoms with Gasteiger partial charge in [-0.2, -0.15) is 0 Å². The van der Waals surface area contributed by atoms with E-state index in [1.165, 1.54) is 10.9 Å². The number of rotatable bonds is 6. The number of carbonyl (C=O) groups excluding carboxylic acids is 1. The highest BCUT2D eigenvalue weighted by Gasteiger charge is 2.12. The van der Waals surface area contributed by atoms with Crippen LogP contribution in [0.3, 0.4) is 0 Å². The van der Waals surface area contributed by atoms with Gasteiger partial charge in [-0.25, -0.2) is 4.79 Å². The smallest absolute Gasteiger partial charge is 0.360 e. The Hall–Kier alpha value is -2.41. The van der Waals surface area contributed by atoms with Crippen molar-refractivity contribution >= 4 is 5.97 Å². The van der Waals surface area contributed by atoms with Gasteiger partial charge in [0.25, 0.3) is 0 Å². The molecule has 20 heavy (non-hydrogen) atoms. The summed E-state index contributed by atoms with van der Waals surface area (Å²) in [5, 5.41) is 7.51. The molecule has 0 unspecified atom stereocenters. The summed E-state index contributed by atoms with van der Waals surface area (Å²) in [6, 6.07) is 7.31. The van der Waals surface area contributed by atoms with E-state index in [0.29, 0.717) is 18.8 Å². The predicted octanol–water partition coefficient (Wildman–Crippen LogP) is 0.602. The van der Waals surface area contributed by atoms with Gasteiger partial charge >= 0.3 is 5.97 Å². The van der Waals surface area contributed by atoms with Crippen LogP contribution in [-0.2, 0) is 17.9 Å². The average molecular weight is 276 g/mol. The molecule has 1 aromatic carbocycles. The van der Waals surface area contributed by atoms with Crippen molar-refractivity contribution in [2.24, 2.45) is 5.73 Å². The van der Waals surface area contributed by atoms with Crippen LogP contribution in [0.2, 0.25) is 0 Å². The van der Waals surface area contributed by atoms with E-state index < -0.39 is 5.97 Å². The minimum absolute atomic E-state index is 0.153. The molecule has 0 fully saturated rings. The summed E-state index contributed by atoms with van der Waals surface area (Å²) in [6.45, 7) is 1.09. The van der Waals surface area contributed by atoms with Gasteiger partial charge in [0.15, 0.2) is 5.69 Å². The Bertz CT molecular complexity index is 583. The molecule has 1 aromatic heterocycles. The number of methoxy groups -OCH3 is 1. The van der Waals surface area contributed by atoms with E-state index >= 15 is 0 Å². The lowest BCUT2D eigenvalue weighted by atomic mass is 10.2. The molecule has 7 heteroatoms. The summed E-state index contributed by atoms with van der Waals surface area (Å²) in [7, 11) is 1.58. The number of ether oxygens (including phenoxy) is 2. The summed E-state index contributed by atoms with van der Waals surface area (Å²) in [6.07, 6.45) is 1.51. The molecule has 0 bridgehead atoms. The molecule has 0 spiro atoms. The Morgan fingerprint density at radius 1 is 1.45 bits per heavy atom. The van der Waals surface area contributed by atoms with Crippen LogP contribution in [0.5, 0.6) is 5.75 Å². The number of nitrogens with two attached hydrogens (primary N) is 1. The van der Waals surface area contributed by atoms with E-state index in [4.69, 9.17) is 15.2 Å². The first-order valence-corrected chi connectivity index (χ1v) is 6.13. The SMILES string of the molecule is COc1cccc(COC(=O)c2cn(CCN)nn2)c1. The van der Waals surface area contributed by atoms with Gasteiger partial charge in [0.2, 0.25) is 0 Å². The molecule has 2 aromatic rings. The van der Waals surface area contributed by atoms with Crippen LogP contribution in [0.15, 0.2) is 30.5 Å². The van der Waals surface area contributed by atoms with E-state index in [2.05, 4.69) is 10.3 Å². The number of aromatic nitrogens is 3. The van der Waals surface area contributed by atoms with Crippen LogP contribution in [0.1, 0.15) is 16.1 Å². The van der Waals surface area contributed by atoms with Crippen molar-refractivity contribution in [2.75, 3.05) is 13.7 Å². The predicted molar refractivity (Wildman–Crippen MR) is 71.2 cm³/mol. The van der Waals surface area contributed by atoms with Crippen molar-refractivity contribution in [1.82, 2.24) is 15.0 Å². The number of benzene rings is 1. The topological polar surface area (TPSA) is 92.3 Å². The lowest BCUT2D eigenvalue weighted by molar-refractivity contribution is 0.0465. The molecule has 2 N–H and O–H groups in total. The van der Waals surface area contributed by atoms with Crippen molar-refractivity contribution in [3.63, 3.8) is 0 Å². The quantitative estimate of drug-likeness (QED) is 0.777. The zero-order chi connectivity index (χ0) is 14.4. The lowest BCUT2D eigenvalue weighted by Gasteiger charge is -2.05. The third-order valence-corrected chi connectivity index (χ3v) is 2.61. The zero-order valence-electron chi connectivity index (χ0n) is 11.2. The Morgan fingerprint density at radius 2 is 2.30 bits per heavy atom. The second kappa shape index (κ2) is 6.67. The maximum atomic E-state index is 11.8. The summed E-state index contributed by atoms with van der Waals surface area (Å²) < 4.78 is 11.8. The third kappa shape index (κ3) is 3.55. The highest BCUT2D eigenvalue weighted by Crippen LogP contribution is 2.13. The molecular formula is C13H16N4O3. The van der Waals surface area contributed by atoms with Crippen molar-refractivity contribution < 1.29 is 14.3 Å². The summed E-state index contributed by atoms with van der Waals surface area (Å²) in [5.41, 5.74) is 6.40. The number of hydrogen-bond acceptors (Lipinski definition) is 6. The standard InChI is InChI=1S/C13H16N4O3/c1-19-11-4-2-3-10(7-11)9-20-13(18)12-8-17(6-5-14)16-15-12/h2-4,7-8H,5-6,9,14H2,1H3. The fourth-order valence-electron chi connectivity index (χ4n) is 1.62. The molecule has 0 amide bonds. The summed E-state index contributed by atoms with van der Waals surface area (Å²) in [4.78, 5) is 11.8. The van der Waals surface area contributed by atoms with Gasteiger partial charge in [0.05, 0.1) is 19.9 Å². The van der Waals surface area contributed by atoms with E-state index in [-0.39, 0.29) is 12.3 Å². The first-order valence-electron chi connectivity index (χ1n) is 6.13. The zero-order valence-corrected chi connectivity index (χ0v) is 11.2. The van der Waals surface area contributed by atoms with E-state index in [9.17, 15) is 4.79 Å². The van der Waals surface area contributed by atoms with Crippen LogP contribution >= 0.6 is 0 Å². The minimum atomic E-state index is -0.518. The highest BCUT2D eigenvalue weighted by atomic mass is 16.5. The van der Waals surface area contributed by atoms with Crippen molar-refractivity contribution in [2.45, 2.75) is 13.2 Å². The highest BCUT2D eigenvalue weighted by molar-refractivity contribution is 5.86. The molecule has 0 aliphatic heterocycles. The third-order valence-electron chi connectivity index (χ3n) is 2.61. The first-order chi connectivity index (χ1) is 9.72. The van der Waals surface area contributed by atoms with Gasteiger partial charge in [-0.1, -0.05) is 17.3 Å². The number of carbonyl (C=O) groups is 1. The molecule has 2 rings (SSSR count). The second-order valence-electron chi connectivity index (χ2n) is 4.08. The molecule has 7 nitrogen and oxygen atoms in total. The van der Waals surface area contributed by atoms with E-state index in [1.54, 1.807) is 13.2 Å². The monoisotopic (exact) mass is 276 g/mol. The summed E-state index contributed by atoms with van der Waals surface area (Å²) >= 11 is 0. The average Bonchev–Trinajstić information content (AvgIpc) is 2.94. The van der Waals surface area contributed by atoms with Gasteiger partial charge in [0, 0.05) is 6.54 Å². The van der Waals surface area contributed by atoms with E-state index in [0.717, 1.165) is 5.56 Å². The van der Waals surface area contributed by atoms with Gasteiger partial charge in [0.1, 0.15) is 12.4 Å². The van der Waals surface area contributed by atoms with Crippen LogP contribution in [0.4, 0.5) is 0 Å². The Kier molecular flexibility index (Phi) is 4.67. The van der Waals surface area contributed by atoms with Crippen LogP contribution in [0, 0.1) is 0 Å². The van der Waals surface area contributed by atoms with Gasteiger partial charge in [-0.3, -0.25) is 4.68 Å².